The Hall–Kier alpha value is -2.25. The van der Waals surface area contributed by atoms with Crippen molar-refractivity contribution >= 4 is 5.69 Å². The van der Waals surface area contributed by atoms with Gasteiger partial charge in [0.25, 0.3) is 0 Å². The van der Waals surface area contributed by atoms with E-state index in [9.17, 15) is 0 Å². The molecular formula is C15H15N3. The van der Waals surface area contributed by atoms with Crippen LogP contribution in [0.4, 0.5) is 5.69 Å². The number of benzene rings is 2. The van der Waals surface area contributed by atoms with Gasteiger partial charge in [0.15, 0.2) is 0 Å². The standard InChI is InChI=1S/C15H15N3/c16-18-17-15-12-5-4-10-14(15)11-6-9-13-7-2-1-3-8-13/h1-5,7-8,10,12H,6,9,11H2. The van der Waals surface area contributed by atoms with Crippen LogP contribution in [-0.4, -0.2) is 0 Å². The lowest BCUT2D eigenvalue weighted by Gasteiger charge is -2.05. The molecule has 0 atom stereocenters. The second-order valence-electron chi connectivity index (χ2n) is 4.16. The van der Waals surface area contributed by atoms with Crippen molar-refractivity contribution in [1.29, 1.82) is 0 Å². The molecule has 2 aromatic carbocycles. The molecule has 0 radical (unpaired) electrons. The molecule has 0 N–H and O–H groups in total. The number of hydrogen-bond acceptors (Lipinski definition) is 1. The maximum absolute atomic E-state index is 8.51. The van der Waals surface area contributed by atoms with Gasteiger partial charge in [-0.25, -0.2) is 0 Å². The summed E-state index contributed by atoms with van der Waals surface area (Å²) < 4.78 is 0. The summed E-state index contributed by atoms with van der Waals surface area (Å²) in [6.45, 7) is 0. The quantitative estimate of drug-likeness (QED) is 0.407. The number of rotatable bonds is 5. The van der Waals surface area contributed by atoms with Crippen LogP contribution in [0.2, 0.25) is 0 Å². The molecule has 0 saturated carbocycles. The fraction of sp³-hybridized carbons (Fsp3) is 0.200. The smallest absolute Gasteiger partial charge is 0.0407 e. The van der Waals surface area contributed by atoms with E-state index in [0.29, 0.717) is 0 Å². The van der Waals surface area contributed by atoms with Gasteiger partial charge in [0.1, 0.15) is 0 Å². The van der Waals surface area contributed by atoms with Gasteiger partial charge in [-0.3, -0.25) is 0 Å². The first-order valence-electron chi connectivity index (χ1n) is 6.07. The Bertz CT molecular complexity index is 543. The lowest BCUT2D eigenvalue weighted by Crippen LogP contribution is -1.90. The zero-order chi connectivity index (χ0) is 12.6. The summed E-state index contributed by atoms with van der Waals surface area (Å²) in [6, 6.07) is 18.2. The van der Waals surface area contributed by atoms with Gasteiger partial charge in [0, 0.05) is 10.6 Å². The van der Waals surface area contributed by atoms with Crippen molar-refractivity contribution < 1.29 is 0 Å². The van der Waals surface area contributed by atoms with E-state index >= 15 is 0 Å². The van der Waals surface area contributed by atoms with Gasteiger partial charge >= 0.3 is 0 Å². The van der Waals surface area contributed by atoms with Crippen LogP contribution >= 0.6 is 0 Å². The predicted octanol–water partition coefficient (Wildman–Crippen LogP) is 4.80. The Labute approximate surface area is 107 Å². The first-order valence-corrected chi connectivity index (χ1v) is 6.07. The van der Waals surface area contributed by atoms with Crippen molar-refractivity contribution in [1.82, 2.24) is 0 Å². The minimum atomic E-state index is 0.744. The lowest BCUT2D eigenvalue weighted by molar-refractivity contribution is 0.821. The van der Waals surface area contributed by atoms with E-state index in [2.05, 4.69) is 34.3 Å². The molecule has 0 unspecified atom stereocenters. The van der Waals surface area contributed by atoms with Crippen LogP contribution in [-0.2, 0) is 12.8 Å². The molecule has 0 spiro atoms. The Balaban J connectivity index is 1.96. The number of aryl methyl sites for hydroxylation is 2. The molecule has 90 valence electrons. The summed E-state index contributed by atoms with van der Waals surface area (Å²) in [5.74, 6) is 0. The van der Waals surface area contributed by atoms with Gasteiger partial charge in [-0.15, -0.1) is 0 Å². The van der Waals surface area contributed by atoms with E-state index in [1.165, 1.54) is 5.56 Å². The maximum Gasteiger partial charge on any atom is 0.0407 e. The second-order valence-corrected chi connectivity index (χ2v) is 4.16. The van der Waals surface area contributed by atoms with E-state index in [1.807, 2.05) is 30.3 Å². The van der Waals surface area contributed by atoms with Crippen molar-refractivity contribution in [2.45, 2.75) is 19.3 Å². The normalized spacial score (nSPS) is 9.78. The van der Waals surface area contributed by atoms with Crippen molar-refractivity contribution in [3.8, 4) is 0 Å². The summed E-state index contributed by atoms with van der Waals surface area (Å²) >= 11 is 0. The molecular weight excluding hydrogens is 222 g/mol. The topological polar surface area (TPSA) is 48.8 Å². The first kappa shape index (κ1) is 12.2. The molecule has 0 aliphatic heterocycles. The second kappa shape index (κ2) is 6.48. The molecule has 3 heteroatoms. The van der Waals surface area contributed by atoms with E-state index in [0.717, 1.165) is 30.5 Å². The van der Waals surface area contributed by atoms with Crippen molar-refractivity contribution in [3.05, 3.63) is 76.2 Å². The zero-order valence-corrected chi connectivity index (χ0v) is 10.2. The molecule has 0 saturated heterocycles. The highest BCUT2D eigenvalue weighted by atomic mass is 15.1. The fourth-order valence-corrected chi connectivity index (χ4v) is 2.00. The van der Waals surface area contributed by atoms with Gasteiger partial charge in [-0.2, -0.15) is 0 Å². The summed E-state index contributed by atoms with van der Waals surface area (Å²) in [5.41, 5.74) is 11.7. The van der Waals surface area contributed by atoms with E-state index < -0.39 is 0 Å². The minimum absolute atomic E-state index is 0.744. The molecule has 0 aliphatic rings. The lowest BCUT2D eigenvalue weighted by atomic mass is 10.0. The molecule has 18 heavy (non-hydrogen) atoms. The van der Waals surface area contributed by atoms with Gasteiger partial charge in [-0.05, 0) is 35.9 Å². The molecule has 0 fully saturated rings. The SMILES string of the molecule is [N-]=[N+]=Nc1ccccc1CCCc1ccccc1. The molecule has 2 rings (SSSR count). The first-order chi connectivity index (χ1) is 8.90. The van der Waals surface area contributed by atoms with Crippen LogP contribution < -0.4 is 0 Å². The van der Waals surface area contributed by atoms with Crippen molar-refractivity contribution in [2.75, 3.05) is 0 Å². The molecule has 0 amide bonds. The summed E-state index contributed by atoms with van der Waals surface area (Å²) in [5, 5.41) is 3.71. The fourth-order valence-electron chi connectivity index (χ4n) is 2.00. The van der Waals surface area contributed by atoms with Crippen molar-refractivity contribution in [3.63, 3.8) is 0 Å². The Morgan fingerprint density at radius 3 is 2.39 bits per heavy atom. The predicted molar refractivity (Wildman–Crippen MR) is 73.7 cm³/mol. The van der Waals surface area contributed by atoms with Gasteiger partial charge in [-0.1, -0.05) is 59.7 Å². The van der Waals surface area contributed by atoms with Gasteiger partial charge < -0.3 is 0 Å². The van der Waals surface area contributed by atoms with Gasteiger partial charge in [0.05, 0.1) is 0 Å². The van der Waals surface area contributed by atoms with Crippen molar-refractivity contribution in [2.24, 2.45) is 5.11 Å². The van der Waals surface area contributed by atoms with Crippen LogP contribution in [0.15, 0.2) is 59.7 Å². The molecule has 0 aliphatic carbocycles. The highest BCUT2D eigenvalue weighted by Crippen LogP contribution is 2.20. The van der Waals surface area contributed by atoms with Crippen LogP contribution in [0.25, 0.3) is 10.4 Å². The molecule has 3 nitrogen and oxygen atoms in total. The molecule has 0 heterocycles. The van der Waals surface area contributed by atoms with Crippen LogP contribution in [0.5, 0.6) is 0 Å². The average Bonchev–Trinajstić information content (AvgIpc) is 2.42. The van der Waals surface area contributed by atoms with E-state index in [1.54, 1.807) is 0 Å². The number of nitrogens with zero attached hydrogens (tertiary/aromatic N) is 3. The third-order valence-electron chi connectivity index (χ3n) is 2.90. The molecule has 0 bridgehead atoms. The highest BCUT2D eigenvalue weighted by Gasteiger charge is 2.00. The number of azide groups is 1. The zero-order valence-electron chi connectivity index (χ0n) is 10.2. The number of hydrogen-bond donors (Lipinski definition) is 0. The monoisotopic (exact) mass is 237 g/mol. The molecule has 0 aromatic heterocycles. The Morgan fingerprint density at radius 2 is 1.61 bits per heavy atom. The Kier molecular flexibility index (Phi) is 4.39. The minimum Gasteiger partial charge on any atom is -0.0622 e. The summed E-state index contributed by atoms with van der Waals surface area (Å²) in [7, 11) is 0. The van der Waals surface area contributed by atoms with Crippen LogP contribution in [0.3, 0.4) is 0 Å². The van der Waals surface area contributed by atoms with E-state index in [-0.39, 0.29) is 0 Å². The highest BCUT2D eigenvalue weighted by molar-refractivity contribution is 5.45. The summed E-state index contributed by atoms with van der Waals surface area (Å²) in [4.78, 5) is 2.86. The summed E-state index contributed by atoms with van der Waals surface area (Å²) in [6.07, 6.45) is 3.04. The third kappa shape index (κ3) is 3.37. The van der Waals surface area contributed by atoms with Crippen LogP contribution in [0, 0.1) is 0 Å². The average molecular weight is 237 g/mol. The molecule has 2 aromatic rings. The van der Waals surface area contributed by atoms with Gasteiger partial charge in [0.2, 0.25) is 0 Å². The van der Waals surface area contributed by atoms with E-state index in [4.69, 9.17) is 5.53 Å². The Morgan fingerprint density at radius 1 is 0.889 bits per heavy atom. The van der Waals surface area contributed by atoms with Crippen LogP contribution in [0.1, 0.15) is 17.5 Å². The third-order valence-corrected chi connectivity index (χ3v) is 2.90. The largest absolute Gasteiger partial charge is 0.0622 e. The maximum atomic E-state index is 8.51.